The highest BCUT2D eigenvalue weighted by Gasteiger charge is 2.11. The Morgan fingerprint density at radius 2 is 2.06 bits per heavy atom. The van der Waals surface area contributed by atoms with E-state index in [9.17, 15) is 0 Å². The maximum Gasteiger partial charge on any atom is 0.200 e. The third-order valence-corrected chi connectivity index (χ3v) is 2.96. The zero-order valence-electron chi connectivity index (χ0n) is 9.75. The highest BCUT2D eigenvalue weighted by molar-refractivity contribution is 5.93. The van der Waals surface area contributed by atoms with Gasteiger partial charge in [0.25, 0.3) is 0 Å². The summed E-state index contributed by atoms with van der Waals surface area (Å²) < 4.78 is 3.66. The largest absolute Gasteiger partial charge is 0.369 e. The lowest BCUT2D eigenvalue weighted by atomic mass is 10.1. The van der Waals surface area contributed by atoms with Gasteiger partial charge < -0.3 is 10.3 Å². The van der Waals surface area contributed by atoms with Crippen LogP contribution in [0.15, 0.2) is 30.6 Å². The van der Waals surface area contributed by atoms with Crippen LogP contribution in [0.1, 0.15) is 0 Å². The maximum absolute atomic E-state index is 5.84. The summed E-state index contributed by atoms with van der Waals surface area (Å²) in [6.07, 6.45) is 3.80. The fraction of sp³-hybridized carbons (Fsp3) is 0.167. The molecule has 0 amide bonds. The van der Waals surface area contributed by atoms with Crippen molar-refractivity contribution in [2.24, 2.45) is 14.1 Å². The summed E-state index contributed by atoms with van der Waals surface area (Å²) in [5.41, 5.74) is 9.89. The van der Waals surface area contributed by atoms with Crippen LogP contribution in [0, 0.1) is 0 Å². The number of hydrogen-bond donors (Lipinski definition) is 1. The van der Waals surface area contributed by atoms with E-state index in [4.69, 9.17) is 5.73 Å². The molecule has 0 unspecified atom stereocenters. The summed E-state index contributed by atoms with van der Waals surface area (Å²) in [6.45, 7) is 0. The van der Waals surface area contributed by atoms with Crippen LogP contribution in [-0.2, 0) is 14.1 Å². The Kier molecular flexibility index (Phi) is 1.95. The van der Waals surface area contributed by atoms with Crippen molar-refractivity contribution in [2.75, 3.05) is 5.73 Å². The SMILES string of the molecule is Cn1cc(-c2cccc3c2nc(N)n3C)cn1. The van der Waals surface area contributed by atoms with E-state index in [1.807, 2.05) is 49.3 Å². The van der Waals surface area contributed by atoms with Crippen molar-refractivity contribution in [1.29, 1.82) is 0 Å². The van der Waals surface area contributed by atoms with Crippen molar-refractivity contribution < 1.29 is 0 Å². The summed E-state index contributed by atoms with van der Waals surface area (Å²) in [4.78, 5) is 4.40. The fourth-order valence-corrected chi connectivity index (χ4v) is 2.03. The Balaban J connectivity index is 2.33. The molecule has 5 heteroatoms. The molecule has 2 N–H and O–H groups in total. The van der Waals surface area contributed by atoms with E-state index in [-0.39, 0.29) is 0 Å². The highest BCUT2D eigenvalue weighted by atomic mass is 15.2. The monoisotopic (exact) mass is 227 g/mol. The number of imidazole rings is 1. The number of aryl methyl sites for hydroxylation is 2. The van der Waals surface area contributed by atoms with Crippen LogP contribution in [0.2, 0.25) is 0 Å². The Morgan fingerprint density at radius 1 is 1.24 bits per heavy atom. The zero-order valence-corrected chi connectivity index (χ0v) is 9.75. The molecule has 0 aliphatic heterocycles. The maximum atomic E-state index is 5.84. The Hall–Kier alpha value is -2.30. The fourth-order valence-electron chi connectivity index (χ4n) is 2.03. The van der Waals surface area contributed by atoms with Crippen LogP contribution < -0.4 is 5.73 Å². The normalized spacial score (nSPS) is 11.2. The van der Waals surface area contributed by atoms with Crippen molar-refractivity contribution in [3.8, 4) is 11.1 Å². The first kappa shape index (κ1) is 9.89. The second kappa shape index (κ2) is 3.35. The number of nitrogens with zero attached hydrogens (tertiary/aromatic N) is 4. The lowest BCUT2D eigenvalue weighted by molar-refractivity contribution is 0.768. The third-order valence-electron chi connectivity index (χ3n) is 2.96. The molecule has 0 bridgehead atoms. The molecule has 0 spiro atoms. The number of hydrogen-bond acceptors (Lipinski definition) is 3. The van der Waals surface area contributed by atoms with E-state index in [0.717, 1.165) is 22.2 Å². The van der Waals surface area contributed by atoms with E-state index in [1.165, 1.54) is 0 Å². The van der Waals surface area contributed by atoms with Gasteiger partial charge in [0.1, 0.15) is 0 Å². The summed E-state index contributed by atoms with van der Waals surface area (Å²) in [7, 11) is 3.81. The molecule has 1 aromatic carbocycles. The van der Waals surface area contributed by atoms with Crippen LogP contribution in [0.25, 0.3) is 22.2 Å². The Labute approximate surface area is 98.5 Å². The molecule has 3 rings (SSSR count). The molecule has 0 saturated carbocycles. The van der Waals surface area contributed by atoms with Gasteiger partial charge in [-0.2, -0.15) is 5.10 Å². The molecule has 17 heavy (non-hydrogen) atoms. The number of para-hydroxylation sites is 1. The van der Waals surface area contributed by atoms with Crippen molar-refractivity contribution in [3.63, 3.8) is 0 Å². The first-order valence-electron chi connectivity index (χ1n) is 5.37. The van der Waals surface area contributed by atoms with Gasteiger partial charge in [0.2, 0.25) is 5.95 Å². The number of benzene rings is 1. The number of rotatable bonds is 1. The average molecular weight is 227 g/mol. The predicted molar refractivity (Wildman–Crippen MR) is 67.3 cm³/mol. The van der Waals surface area contributed by atoms with Gasteiger partial charge in [-0.05, 0) is 6.07 Å². The molecule has 0 atom stereocenters. The zero-order chi connectivity index (χ0) is 12.0. The summed E-state index contributed by atoms with van der Waals surface area (Å²) in [5, 5.41) is 4.18. The molecule has 2 aromatic heterocycles. The average Bonchev–Trinajstić information content (AvgIpc) is 2.85. The standard InChI is InChI=1S/C12H13N5/c1-16-7-8(6-14-16)9-4-3-5-10-11(9)15-12(13)17(10)2/h3-7H,1-2H3,(H2,13,15). The van der Waals surface area contributed by atoms with Crippen LogP contribution >= 0.6 is 0 Å². The molecule has 0 aliphatic rings. The quantitative estimate of drug-likeness (QED) is 0.686. The summed E-state index contributed by atoms with van der Waals surface area (Å²) in [6, 6.07) is 6.05. The first-order valence-corrected chi connectivity index (χ1v) is 5.37. The Morgan fingerprint density at radius 3 is 2.76 bits per heavy atom. The molecule has 0 fully saturated rings. The van der Waals surface area contributed by atoms with Crippen molar-refractivity contribution in [1.82, 2.24) is 19.3 Å². The lowest BCUT2D eigenvalue weighted by Crippen LogP contribution is -1.95. The van der Waals surface area contributed by atoms with Gasteiger partial charge in [0.05, 0.1) is 17.2 Å². The van der Waals surface area contributed by atoms with Crippen molar-refractivity contribution in [2.45, 2.75) is 0 Å². The van der Waals surface area contributed by atoms with Gasteiger partial charge in [-0.1, -0.05) is 12.1 Å². The van der Waals surface area contributed by atoms with Crippen molar-refractivity contribution >= 4 is 17.0 Å². The molecule has 0 aliphatic carbocycles. The molecule has 2 heterocycles. The van der Waals surface area contributed by atoms with E-state index in [0.29, 0.717) is 5.95 Å². The first-order chi connectivity index (χ1) is 8.16. The molecular formula is C12H13N5. The van der Waals surface area contributed by atoms with Gasteiger partial charge in [0, 0.05) is 31.4 Å². The van der Waals surface area contributed by atoms with Gasteiger partial charge in [-0.25, -0.2) is 4.98 Å². The number of nitrogens with two attached hydrogens (primary N) is 1. The topological polar surface area (TPSA) is 61.7 Å². The molecule has 86 valence electrons. The van der Waals surface area contributed by atoms with Crippen LogP contribution in [0.3, 0.4) is 0 Å². The minimum absolute atomic E-state index is 0.524. The van der Waals surface area contributed by atoms with E-state index in [1.54, 1.807) is 4.68 Å². The van der Waals surface area contributed by atoms with E-state index >= 15 is 0 Å². The van der Waals surface area contributed by atoms with E-state index < -0.39 is 0 Å². The molecule has 3 aromatic rings. The summed E-state index contributed by atoms with van der Waals surface area (Å²) in [5.74, 6) is 0.524. The number of aromatic nitrogens is 4. The van der Waals surface area contributed by atoms with E-state index in [2.05, 4.69) is 10.1 Å². The molecule has 0 saturated heterocycles. The third kappa shape index (κ3) is 1.39. The lowest BCUT2D eigenvalue weighted by Gasteiger charge is -1.99. The van der Waals surface area contributed by atoms with Crippen LogP contribution in [0.4, 0.5) is 5.95 Å². The second-order valence-electron chi connectivity index (χ2n) is 4.11. The number of fused-ring (bicyclic) bond motifs is 1. The summed E-state index contributed by atoms with van der Waals surface area (Å²) >= 11 is 0. The van der Waals surface area contributed by atoms with Crippen LogP contribution in [-0.4, -0.2) is 19.3 Å². The molecule has 5 nitrogen and oxygen atoms in total. The number of nitrogen functional groups attached to an aromatic ring is 1. The minimum Gasteiger partial charge on any atom is -0.369 e. The molecule has 0 radical (unpaired) electrons. The smallest absolute Gasteiger partial charge is 0.200 e. The number of anilines is 1. The van der Waals surface area contributed by atoms with Gasteiger partial charge in [0.15, 0.2) is 0 Å². The highest BCUT2D eigenvalue weighted by Crippen LogP contribution is 2.28. The Bertz CT molecular complexity index is 692. The predicted octanol–water partition coefficient (Wildman–Crippen LogP) is 1.56. The molecular weight excluding hydrogens is 214 g/mol. The van der Waals surface area contributed by atoms with Gasteiger partial charge in [-0.3, -0.25) is 4.68 Å². The van der Waals surface area contributed by atoms with Gasteiger partial charge in [-0.15, -0.1) is 0 Å². The van der Waals surface area contributed by atoms with Gasteiger partial charge >= 0.3 is 0 Å². The minimum atomic E-state index is 0.524. The van der Waals surface area contributed by atoms with Crippen LogP contribution in [0.5, 0.6) is 0 Å². The van der Waals surface area contributed by atoms with Crippen molar-refractivity contribution in [3.05, 3.63) is 30.6 Å². The second-order valence-corrected chi connectivity index (χ2v) is 4.11.